The fraction of sp³-hybridized carbons (Fsp3) is 0.300. The number of fused-ring (bicyclic) bond motifs is 1. The van der Waals surface area contributed by atoms with Gasteiger partial charge < -0.3 is 5.11 Å². The van der Waals surface area contributed by atoms with Gasteiger partial charge in [0.25, 0.3) is 0 Å². The zero-order valence-corrected chi connectivity index (χ0v) is 7.92. The summed E-state index contributed by atoms with van der Waals surface area (Å²) in [5.41, 5.74) is 1.16. The summed E-state index contributed by atoms with van der Waals surface area (Å²) in [6.07, 6.45) is 5.55. The van der Waals surface area contributed by atoms with Crippen LogP contribution in [0.15, 0.2) is 18.5 Å². The van der Waals surface area contributed by atoms with E-state index in [2.05, 4.69) is 9.97 Å². The Balaban J connectivity index is 2.23. The number of hydrogen-bond acceptors (Lipinski definition) is 3. The lowest BCUT2D eigenvalue weighted by Crippen LogP contribution is -2.04. The van der Waals surface area contributed by atoms with Crippen molar-refractivity contribution in [1.29, 1.82) is 0 Å². The third-order valence-electron chi connectivity index (χ3n) is 2.60. The number of carboxylic acid groups (broad SMARTS) is 1. The highest BCUT2D eigenvalue weighted by Crippen LogP contribution is 2.39. The zero-order valence-electron chi connectivity index (χ0n) is 7.92. The lowest BCUT2D eigenvalue weighted by atomic mass is 10.3. The minimum absolute atomic E-state index is 0.208. The number of carbonyl (C=O) groups is 1. The van der Waals surface area contributed by atoms with Crippen molar-refractivity contribution < 1.29 is 9.90 Å². The first-order valence-electron chi connectivity index (χ1n) is 4.83. The highest BCUT2D eigenvalue weighted by molar-refractivity contribution is 5.86. The smallest absolute Gasteiger partial charge is 0.353 e. The Hall–Kier alpha value is -1.91. The Labute approximate surface area is 85.4 Å². The molecular formula is C10H9N3O2. The van der Waals surface area contributed by atoms with Crippen molar-refractivity contribution in [2.75, 3.05) is 0 Å². The summed E-state index contributed by atoms with van der Waals surface area (Å²) in [5.74, 6) is 0.0206. The molecule has 0 aliphatic heterocycles. The van der Waals surface area contributed by atoms with Gasteiger partial charge in [-0.3, -0.25) is 4.40 Å². The van der Waals surface area contributed by atoms with Crippen molar-refractivity contribution >= 4 is 11.7 Å². The molecule has 0 amide bonds. The summed E-state index contributed by atoms with van der Waals surface area (Å²) >= 11 is 0. The van der Waals surface area contributed by atoms with Crippen molar-refractivity contribution in [3.05, 3.63) is 29.8 Å². The molecule has 1 saturated carbocycles. The predicted molar refractivity (Wildman–Crippen MR) is 51.9 cm³/mol. The molecule has 5 nitrogen and oxygen atoms in total. The Bertz CT molecular complexity index is 543. The van der Waals surface area contributed by atoms with Gasteiger partial charge in [0.1, 0.15) is 5.69 Å². The van der Waals surface area contributed by atoms with Crippen LogP contribution in [0.4, 0.5) is 0 Å². The van der Waals surface area contributed by atoms with Crippen LogP contribution in [0.2, 0.25) is 0 Å². The molecular weight excluding hydrogens is 194 g/mol. The van der Waals surface area contributed by atoms with Crippen molar-refractivity contribution in [3.63, 3.8) is 0 Å². The minimum Gasteiger partial charge on any atom is -0.477 e. The lowest BCUT2D eigenvalue weighted by Gasteiger charge is -1.96. The topological polar surface area (TPSA) is 67.5 Å². The summed E-state index contributed by atoms with van der Waals surface area (Å²) in [6, 6.07) is 1.48. The summed E-state index contributed by atoms with van der Waals surface area (Å²) in [5, 5.41) is 8.97. The largest absolute Gasteiger partial charge is 0.477 e. The predicted octanol–water partition coefficient (Wildman–Crippen LogP) is 1.30. The van der Waals surface area contributed by atoms with Crippen LogP contribution >= 0.6 is 0 Å². The van der Waals surface area contributed by atoms with Gasteiger partial charge in [0.15, 0.2) is 0 Å². The molecule has 3 rings (SSSR count). The monoisotopic (exact) mass is 203 g/mol. The normalized spacial score (nSPS) is 15.7. The number of rotatable bonds is 2. The van der Waals surface area contributed by atoms with E-state index in [1.54, 1.807) is 6.20 Å². The second kappa shape index (κ2) is 2.79. The number of imidazole rings is 1. The van der Waals surface area contributed by atoms with Crippen molar-refractivity contribution in [1.82, 2.24) is 14.4 Å². The molecule has 0 spiro atoms. The third-order valence-corrected chi connectivity index (χ3v) is 2.60. The standard InChI is InChI=1S/C10H9N3O2/c14-9(15)8-3-4-11-10-12-7(5-13(8)10)6-1-2-6/h3-6H,1-2H2,(H,14,15). The molecule has 0 aromatic carbocycles. The second-order valence-corrected chi connectivity index (χ2v) is 3.75. The third kappa shape index (κ3) is 1.27. The average molecular weight is 203 g/mol. The maximum atomic E-state index is 10.9. The molecule has 0 bridgehead atoms. The van der Waals surface area contributed by atoms with Crippen LogP contribution in [-0.2, 0) is 0 Å². The molecule has 76 valence electrons. The zero-order chi connectivity index (χ0) is 10.4. The highest BCUT2D eigenvalue weighted by atomic mass is 16.4. The fourth-order valence-corrected chi connectivity index (χ4v) is 1.66. The summed E-state index contributed by atoms with van der Waals surface area (Å²) < 4.78 is 1.54. The van der Waals surface area contributed by atoms with Crippen LogP contribution in [0.25, 0.3) is 5.78 Å². The molecule has 2 aromatic rings. The van der Waals surface area contributed by atoms with Crippen LogP contribution in [0.5, 0.6) is 0 Å². The fourth-order valence-electron chi connectivity index (χ4n) is 1.66. The molecule has 0 atom stereocenters. The van der Waals surface area contributed by atoms with E-state index < -0.39 is 5.97 Å². The number of aromatic nitrogens is 3. The SMILES string of the molecule is O=C(O)c1ccnc2nc(C3CC3)cn12. The lowest BCUT2D eigenvalue weighted by molar-refractivity contribution is 0.0688. The van der Waals surface area contributed by atoms with Crippen molar-refractivity contribution in [2.24, 2.45) is 0 Å². The molecule has 0 saturated heterocycles. The van der Waals surface area contributed by atoms with Gasteiger partial charge in [-0.05, 0) is 18.9 Å². The number of carboxylic acids is 1. The average Bonchev–Trinajstić information content (AvgIpc) is 2.96. The quantitative estimate of drug-likeness (QED) is 0.798. The molecule has 1 N–H and O–H groups in total. The van der Waals surface area contributed by atoms with E-state index in [9.17, 15) is 4.79 Å². The van der Waals surface area contributed by atoms with E-state index in [0.717, 1.165) is 18.5 Å². The summed E-state index contributed by atoms with van der Waals surface area (Å²) in [6.45, 7) is 0. The van der Waals surface area contributed by atoms with E-state index in [0.29, 0.717) is 11.7 Å². The van der Waals surface area contributed by atoms with E-state index in [1.807, 2.05) is 0 Å². The van der Waals surface area contributed by atoms with Crippen molar-refractivity contribution in [3.8, 4) is 0 Å². The van der Waals surface area contributed by atoms with Crippen LogP contribution in [-0.4, -0.2) is 25.4 Å². The molecule has 1 fully saturated rings. The van der Waals surface area contributed by atoms with Gasteiger partial charge in [0.05, 0.1) is 5.69 Å². The first-order chi connectivity index (χ1) is 7.25. The molecule has 5 heteroatoms. The van der Waals surface area contributed by atoms with Gasteiger partial charge in [-0.1, -0.05) is 0 Å². The van der Waals surface area contributed by atoms with Crippen LogP contribution in [0.3, 0.4) is 0 Å². The first-order valence-corrected chi connectivity index (χ1v) is 4.83. The minimum atomic E-state index is -0.956. The second-order valence-electron chi connectivity index (χ2n) is 3.75. The van der Waals surface area contributed by atoms with Crippen LogP contribution in [0.1, 0.15) is 34.9 Å². The van der Waals surface area contributed by atoms with Gasteiger partial charge in [0, 0.05) is 18.3 Å². The summed E-state index contributed by atoms with van der Waals surface area (Å²) in [7, 11) is 0. The van der Waals surface area contributed by atoms with Crippen LogP contribution in [0, 0.1) is 0 Å². The van der Waals surface area contributed by atoms with E-state index >= 15 is 0 Å². The first kappa shape index (κ1) is 8.40. The van der Waals surface area contributed by atoms with Gasteiger partial charge in [0.2, 0.25) is 5.78 Å². The molecule has 1 aliphatic carbocycles. The molecule has 2 heterocycles. The van der Waals surface area contributed by atoms with E-state index in [-0.39, 0.29) is 5.69 Å². The van der Waals surface area contributed by atoms with Crippen LogP contribution < -0.4 is 0 Å². The highest BCUT2D eigenvalue weighted by Gasteiger charge is 2.27. The van der Waals surface area contributed by atoms with Gasteiger partial charge in [-0.2, -0.15) is 0 Å². The Kier molecular flexibility index (Phi) is 1.56. The molecule has 0 radical (unpaired) electrons. The molecule has 15 heavy (non-hydrogen) atoms. The maximum absolute atomic E-state index is 10.9. The van der Waals surface area contributed by atoms with Gasteiger partial charge in [-0.25, -0.2) is 14.8 Å². The Morgan fingerprint density at radius 1 is 1.53 bits per heavy atom. The molecule has 0 unspecified atom stereocenters. The van der Waals surface area contributed by atoms with Gasteiger partial charge in [-0.15, -0.1) is 0 Å². The van der Waals surface area contributed by atoms with E-state index in [4.69, 9.17) is 5.11 Å². The Morgan fingerprint density at radius 3 is 3.00 bits per heavy atom. The molecule has 2 aromatic heterocycles. The number of aromatic carboxylic acids is 1. The van der Waals surface area contributed by atoms with Gasteiger partial charge >= 0.3 is 5.97 Å². The molecule has 1 aliphatic rings. The number of hydrogen-bond donors (Lipinski definition) is 1. The maximum Gasteiger partial charge on any atom is 0.353 e. The number of nitrogens with zero attached hydrogens (tertiary/aromatic N) is 3. The summed E-state index contributed by atoms with van der Waals surface area (Å²) in [4.78, 5) is 19.3. The van der Waals surface area contributed by atoms with E-state index in [1.165, 1.54) is 16.7 Å². The Morgan fingerprint density at radius 2 is 2.33 bits per heavy atom. The van der Waals surface area contributed by atoms with Crippen molar-refractivity contribution in [2.45, 2.75) is 18.8 Å².